The van der Waals surface area contributed by atoms with Crippen molar-refractivity contribution in [2.24, 2.45) is 0 Å². The maximum atomic E-state index is 12.3. The SMILES string of the molecule is CCCN(CC(=O)O)CC(=O)Nc1c(C)nn(-c2ccccc2)c1C.Cl. The van der Waals surface area contributed by atoms with E-state index in [1.165, 1.54) is 0 Å². The van der Waals surface area contributed by atoms with Gasteiger partial charge in [0.1, 0.15) is 0 Å². The first-order valence-corrected chi connectivity index (χ1v) is 8.28. The molecule has 2 aromatic rings. The number of aliphatic carboxylic acids is 1. The number of halogens is 1. The third kappa shape index (κ3) is 5.57. The maximum absolute atomic E-state index is 12.3. The number of carboxylic acids is 1. The molecule has 1 heterocycles. The highest BCUT2D eigenvalue weighted by Crippen LogP contribution is 2.22. The van der Waals surface area contributed by atoms with E-state index in [1.807, 2.05) is 51.1 Å². The monoisotopic (exact) mass is 380 g/mol. The Balaban J connectivity index is 0.00000338. The van der Waals surface area contributed by atoms with Gasteiger partial charge in [-0.25, -0.2) is 4.68 Å². The Kier molecular flexibility index (Phi) is 8.28. The predicted molar refractivity (Wildman–Crippen MR) is 103 cm³/mol. The minimum Gasteiger partial charge on any atom is -0.480 e. The number of hydrogen-bond donors (Lipinski definition) is 2. The lowest BCUT2D eigenvalue weighted by Crippen LogP contribution is -2.37. The van der Waals surface area contributed by atoms with E-state index in [0.717, 1.165) is 23.5 Å². The number of benzene rings is 1. The van der Waals surface area contributed by atoms with Gasteiger partial charge < -0.3 is 10.4 Å². The number of aryl methyl sites for hydroxylation is 1. The summed E-state index contributed by atoms with van der Waals surface area (Å²) < 4.78 is 1.78. The molecule has 2 N–H and O–H groups in total. The third-order valence-corrected chi connectivity index (χ3v) is 3.82. The van der Waals surface area contributed by atoms with E-state index in [1.54, 1.807) is 9.58 Å². The number of nitrogens with zero attached hydrogens (tertiary/aromatic N) is 3. The van der Waals surface area contributed by atoms with Crippen molar-refractivity contribution >= 4 is 30.0 Å². The summed E-state index contributed by atoms with van der Waals surface area (Å²) in [6.07, 6.45) is 0.782. The summed E-state index contributed by atoms with van der Waals surface area (Å²) in [6, 6.07) is 9.68. The number of rotatable bonds is 8. The molecule has 1 amide bonds. The van der Waals surface area contributed by atoms with Crippen LogP contribution in [0.25, 0.3) is 5.69 Å². The summed E-state index contributed by atoms with van der Waals surface area (Å²) in [4.78, 5) is 24.9. The van der Waals surface area contributed by atoms with Gasteiger partial charge in [0.25, 0.3) is 0 Å². The van der Waals surface area contributed by atoms with Gasteiger partial charge in [-0.05, 0) is 38.9 Å². The first kappa shape index (κ1) is 21.7. The van der Waals surface area contributed by atoms with Gasteiger partial charge in [-0.15, -0.1) is 12.4 Å². The van der Waals surface area contributed by atoms with Crippen molar-refractivity contribution in [3.8, 4) is 5.69 Å². The molecule has 0 atom stereocenters. The van der Waals surface area contributed by atoms with Crippen LogP contribution < -0.4 is 5.32 Å². The first-order chi connectivity index (χ1) is 11.9. The summed E-state index contributed by atoms with van der Waals surface area (Å²) in [5.41, 5.74) is 3.13. The number of aromatic nitrogens is 2. The van der Waals surface area contributed by atoms with Crippen molar-refractivity contribution in [1.29, 1.82) is 0 Å². The molecule has 7 nitrogen and oxygen atoms in total. The smallest absolute Gasteiger partial charge is 0.317 e. The summed E-state index contributed by atoms with van der Waals surface area (Å²) in [5.74, 6) is -1.18. The molecule has 2 rings (SSSR count). The Morgan fingerprint density at radius 2 is 1.85 bits per heavy atom. The minimum absolute atomic E-state index is 0. The summed E-state index contributed by atoms with van der Waals surface area (Å²) in [6.45, 7) is 6.12. The number of para-hydroxylation sites is 1. The highest BCUT2D eigenvalue weighted by molar-refractivity contribution is 5.93. The molecule has 0 unspecified atom stereocenters. The molecule has 0 aliphatic carbocycles. The number of amides is 1. The van der Waals surface area contributed by atoms with Crippen LogP contribution in [0.2, 0.25) is 0 Å². The lowest BCUT2D eigenvalue weighted by Gasteiger charge is -2.18. The molecule has 0 saturated carbocycles. The van der Waals surface area contributed by atoms with Gasteiger partial charge >= 0.3 is 5.97 Å². The standard InChI is InChI=1S/C18H24N4O3.ClH/c1-4-10-21(12-17(24)25)11-16(23)19-18-13(2)20-22(14(18)3)15-8-6-5-7-9-15;/h5-9H,4,10-12H2,1-3H3,(H,19,23)(H,24,25);1H. The van der Waals surface area contributed by atoms with E-state index in [2.05, 4.69) is 10.4 Å². The Hall–Kier alpha value is -2.38. The third-order valence-electron chi connectivity index (χ3n) is 3.82. The normalized spacial score (nSPS) is 10.5. The molecule has 0 aliphatic rings. The van der Waals surface area contributed by atoms with Crippen LogP contribution >= 0.6 is 12.4 Å². The van der Waals surface area contributed by atoms with Crippen LogP contribution in [0.1, 0.15) is 24.7 Å². The van der Waals surface area contributed by atoms with Crippen LogP contribution in [0, 0.1) is 13.8 Å². The van der Waals surface area contributed by atoms with Crippen LogP contribution in [-0.2, 0) is 9.59 Å². The van der Waals surface area contributed by atoms with Gasteiger partial charge in [0.05, 0.1) is 35.9 Å². The first-order valence-electron chi connectivity index (χ1n) is 8.28. The fourth-order valence-electron chi connectivity index (χ4n) is 2.75. The van der Waals surface area contributed by atoms with Crippen molar-refractivity contribution in [2.45, 2.75) is 27.2 Å². The Labute approximate surface area is 159 Å². The number of anilines is 1. The van der Waals surface area contributed by atoms with Crippen molar-refractivity contribution in [3.63, 3.8) is 0 Å². The Bertz CT molecular complexity index is 746. The number of nitrogens with one attached hydrogen (secondary N) is 1. The average molecular weight is 381 g/mol. The number of carbonyl (C=O) groups is 2. The zero-order valence-electron chi connectivity index (χ0n) is 15.2. The van der Waals surface area contributed by atoms with Crippen LogP contribution in [0.3, 0.4) is 0 Å². The fourth-order valence-corrected chi connectivity index (χ4v) is 2.75. The van der Waals surface area contributed by atoms with E-state index < -0.39 is 5.97 Å². The molecule has 0 bridgehead atoms. The van der Waals surface area contributed by atoms with E-state index in [-0.39, 0.29) is 31.4 Å². The van der Waals surface area contributed by atoms with Gasteiger partial charge in [-0.3, -0.25) is 14.5 Å². The van der Waals surface area contributed by atoms with Gasteiger partial charge in [0.2, 0.25) is 5.91 Å². The van der Waals surface area contributed by atoms with E-state index in [9.17, 15) is 9.59 Å². The molecule has 26 heavy (non-hydrogen) atoms. The molecule has 0 fully saturated rings. The van der Waals surface area contributed by atoms with Crippen LogP contribution in [0.5, 0.6) is 0 Å². The molecule has 0 saturated heterocycles. The molecular formula is C18H25ClN4O3. The van der Waals surface area contributed by atoms with Crippen LogP contribution in [0.4, 0.5) is 5.69 Å². The van der Waals surface area contributed by atoms with Gasteiger partial charge in [-0.1, -0.05) is 25.1 Å². The second-order valence-corrected chi connectivity index (χ2v) is 5.95. The lowest BCUT2D eigenvalue weighted by molar-refractivity contribution is -0.138. The topological polar surface area (TPSA) is 87.5 Å². The van der Waals surface area contributed by atoms with E-state index >= 15 is 0 Å². The van der Waals surface area contributed by atoms with Gasteiger partial charge in [0.15, 0.2) is 0 Å². The van der Waals surface area contributed by atoms with Crippen molar-refractivity contribution in [2.75, 3.05) is 25.0 Å². The number of carboxylic acid groups (broad SMARTS) is 1. The minimum atomic E-state index is -0.939. The largest absolute Gasteiger partial charge is 0.480 e. The van der Waals surface area contributed by atoms with Crippen molar-refractivity contribution in [1.82, 2.24) is 14.7 Å². The van der Waals surface area contributed by atoms with Crippen molar-refractivity contribution < 1.29 is 14.7 Å². The van der Waals surface area contributed by atoms with Crippen molar-refractivity contribution in [3.05, 3.63) is 41.7 Å². The highest BCUT2D eigenvalue weighted by atomic mass is 35.5. The zero-order valence-corrected chi connectivity index (χ0v) is 16.0. The molecule has 0 radical (unpaired) electrons. The van der Waals surface area contributed by atoms with E-state index in [0.29, 0.717) is 12.2 Å². The quantitative estimate of drug-likeness (QED) is 0.735. The molecule has 142 valence electrons. The lowest BCUT2D eigenvalue weighted by atomic mass is 10.3. The van der Waals surface area contributed by atoms with Gasteiger partial charge in [0, 0.05) is 0 Å². The highest BCUT2D eigenvalue weighted by Gasteiger charge is 2.18. The molecule has 0 spiro atoms. The second-order valence-electron chi connectivity index (χ2n) is 5.95. The summed E-state index contributed by atoms with van der Waals surface area (Å²) in [7, 11) is 0. The molecule has 0 aliphatic heterocycles. The van der Waals surface area contributed by atoms with Crippen LogP contribution in [-0.4, -0.2) is 51.3 Å². The second kappa shape index (κ2) is 9.94. The summed E-state index contributed by atoms with van der Waals surface area (Å²) >= 11 is 0. The van der Waals surface area contributed by atoms with Gasteiger partial charge in [-0.2, -0.15) is 5.10 Å². The van der Waals surface area contributed by atoms with Crippen LogP contribution in [0.15, 0.2) is 30.3 Å². The number of hydrogen-bond acceptors (Lipinski definition) is 4. The molecule has 8 heteroatoms. The molecular weight excluding hydrogens is 356 g/mol. The molecule has 1 aromatic carbocycles. The predicted octanol–water partition coefficient (Wildman–Crippen LogP) is 2.65. The maximum Gasteiger partial charge on any atom is 0.317 e. The Morgan fingerprint density at radius 1 is 1.19 bits per heavy atom. The van der Waals surface area contributed by atoms with E-state index in [4.69, 9.17) is 5.11 Å². The number of carbonyl (C=O) groups excluding carboxylic acids is 1. The average Bonchev–Trinajstić information content (AvgIpc) is 2.83. The Morgan fingerprint density at radius 3 is 2.42 bits per heavy atom. The fraction of sp³-hybridized carbons (Fsp3) is 0.389. The molecule has 1 aromatic heterocycles. The zero-order chi connectivity index (χ0) is 18.4. The summed E-state index contributed by atoms with van der Waals surface area (Å²) in [5, 5.41) is 16.3.